The monoisotopic (exact) mass is 533 g/mol. The van der Waals surface area contributed by atoms with Gasteiger partial charge in [0.05, 0.1) is 44.1 Å². The number of ether oxygens (including phenoxy) is 3. The van der Waals surface area contributed by atoms with Crippen LogP contribution in [0.2, 0.25) is 0 Å². The van der Waals surface area contributed by atoms with Crippen molar-refractivity contribution in [3.8, 4) is 0 Å². The second-order valence-corrected chi connectivity index (χ2v) is 10.5. The number of amides is 1. The molecule has 2 rings (SSSR count). The number of aliphatic hydroxyl groups excluding tert-OH is 4. The lowest BCUT2D eigenvalue weighted by Gasteiger charge is -2.45. The lowest BCUT2D eigenvalue weighted by molar-refractivity contribution is -0.163. The van der Waals surface area contributed by atoms with Gasteiger partial charge in [-0.05, 0) is 32.6 Å². The maximum atomic E-state index is 12.0. The SMILES string of the molecule is CCCOC[C@@H]1CC(CO)[C@@H](O)C(COC[C@@H]2CC(C(=O)O)[C@@H](CCOCC)C(O)C2O)C1NC(C)=O. The van der Waals surface area contributed by atoms with Crippen molar-refractivity contribution in [1.29, 1.82) is 0 Å². The summed E-state index contributed by atoms with van der Waals surface area (Å²) in [5.41, 5.74) is 0. The maximum Gasteiger partial charge on any atom is 0.306 e. The van der Waals surface area contributed by atoms with Gasteiger partial charge in [-0.3, -0.25) is 9.59 Å². The lowest BCUT2D eigenvalue weighted by atomic mass is 9.69. The number of hydrogen-bond donors (Lipinski definition) is 6. The Labute approximate surface area is 219 Å². The Morgan fingerprint density at radius 1 is 0.838 bits per heavy atom. The molecule has 11 heteroatoms. The van der Waals surface area contributed by atoms with Gasteiger partial charge in [-0.25, -0.2) is 0 Å². The van der Waals surface area contributed by atoms with E-state index in [1.165, 1.54) is 6.92 Å². The second-order valence-electron chi connectivity index (χ2n) is 10.5. The molecule has 0 bridgehead atoms. The van der Waals surface area contributed by atoms with E-state index in [0.717, 1.165) is 6.42 Å². The molecular formula is C26H47NO10. The summed E-state index contributed by atoms with van der Waals surface area (Å²) >= 11 is 0. The Bertz CT molecular complexity index is 694. The van der Waals surface area contributed by atoms with Crippen LogP contribution in [0, 0.1) is 35.5 Å². The fourth-order valence-electron chi connectivity index (χ4n) is 5.93. The summed E-state index contributed by atoms with van der Waals surface area (Å²) in [7, 11) is 0. The van der Waals surface area contributed by atoms with Crippen LogP contribution in [0.4, 0.5) is 0 Å². The maximum absolute atomic E-state index is 12.0. The van der Waals surface area contributed by atoms with Crippen LogP contribution < -0.4 is 5.32 Å². The molecule has 0 spiro atoms. The van der Waals surface area contributed by atoms with Crippen molar-refractivity contribution in [2.45, 2.75) is 70.8 Å². The third kappa shape index (κ3) is 8.84. The summed E-state index contributed by atoms with van der Waals surface area (Å²) in [6.07, 6.45) is -1.52. The number of carbonyl (C=O) groups excluding carboxylic acids is 1. The van der Waals surface area contributed by atoms with Gasteiger partial charge in [-0.15, -0.1) is 0 Å². The van der Waals surface area contributed by atoms with Crippen LogP contribution in [0.25, 0.3) is 0 Å². The second kappa shape index (κ2) is 15.9. The molecular weight excluding hydrogens is 486 g/mol. The summed E-state index contributed by atoms with van der Waals surface area (Å²) in [6.45, 7) is 6.74. The molecule has 0 aliphatic heterocycles. The van der Waals surface area contributed by atoms with Crippen LogP contribution in [0.5, 0.6) is 0 Å². The van der Waals surface area contributed by atoms with Crippen LogP contribution in [0.1, 0.15) is 46.5 Å². The van der Waals surface area contributed by atoms with Crippen LogP contribution in [0.3, 0.4) is 0 Å². The Balaban J connectivity index is 2.08. The van der Waals surface area contributed by atoms with Gasteiger partial charge in [0.2, 0.25) is 5.91 Å². The normalized spacial score (nSPS) is 36.3. The largest absolute Gasteiger partial charge is 0.481 e. The Hall–Kier alpha value is -1.34. The molecule has 2 fully saturated rings. The van der Waals surface area contributed by atoms with Crippen molar-refractivity contribution in [2.24, 2.45) is 35.5 Å². The highest BCUT2D eigenvalue weighted by Crippen LogP contribution is 2.38. The molecule has 37 heavy (non-hydrogen) atoms. The Kier molecular flexibility index (Phi) is 13.7. The number of aliphatic carboxylic acids is 1. The van der Waals surface area contributed by atoms with Gasteiger partial charge in [-0.2, -0.15) is 0 Å². The average Bonchev–Trinajstić information content (AvgIpc) is 2.85. The molecule has 0 aromatic heterocycles. The molecule has 11 nitrogen and oxygen atoms in total. The molecule has 0 aromatic rings. The van der Waals surface area contributed by atoms with Gasteiger partial charge in [-0.1, -0.05) is 6.92 Å². The van der Waals surface area contributed by atoms with Gasteiger partial charge in [0.25, 0.3) is 0 Å². The van der Waals surface area contributed by atoms with Crippen LogP contribution in [-0.4, -0.2) is 108 Å². The van der Waals surface area contributed by atoms with E-state index in [-0.39, 0.29) is 38.1 Å². The van der Waals surface area contributed by atoms with E-state index in [9.17, 15) is 35.1 Å². The van der Waals surface area contributed by atoms with E-state index in [4.69, 9.17) is 14.2 Å². The molecule has 0 saturated heterocycles. The predicted molar refractivity (Wildman–Crippen MR) is 134 cm³/mol. The molecule has 0 aromatic carbocycles. The van der Waals surface area contributed by atoms with E-state index >= 15 is 0 Å². The standard InChI is InChI=1S/C26H47NO10/c1-4-7-36-12-17-9-16(11-28)23(30)21(22(17)27-15(3)29)14-37-13-18-10-20(26(33)34)19(6-8-35-5-2)25(32)24(18)31/h16-25,28,30-32H,4-14H2,1-3H3,(H,27,29)(H,33,34)/t16?,17-,18-,19+,20?,21?,22?,23+,24?,25?/m0/s1. The summed E-state index contributed by atoms with van der Waals surface area (Å²) < 4.78 is 17.0. The van der Waals surface area contributed by atoms with Crippen molar-refractivity contribution < 1.29 is 49.3 Å². The number of hydrogen-bond acceptors (Lipinski definition) is 9. The molecule has 2 saturated carbocycles. The number of carbonyl (C=O) groups is 2. The van der Waals surface area contributed by atoms with Gasteiger partial charge in [0.15, 0.2) is 0 Å². The first-order valence-electron chi connectivity index (χ1n) is 13.5. The number of aliphatic hydroxyl groups is 4. The molecule has 2 aliphatic rings. The van der Waals surface area contributed by atoms with Crippen LogP contribution in [-0.2, 0) is 23.8 Å². The number of rotatable bonds is 15. The van der Waals surface area contributed by atoms with Crippen molar-refractivity contribution in [3.05, 3.63) is 0 Å². The van der Waals surface area contributed by atoms with Crippen LogP contribution >= 0.6 is 0 Å². The zero-order chi connectivity index (χ0) is 27.5. The zero-order valence-electron chi connectivity index (χ0n) is 22.3. The molecule has 0 radical (unpaired) electrons. The minimum atomic E-state index is -1.23. The number of nitrogens with one attached hydrogen (secondary N) is 1. The van der Waals surface area contributed by atoms with E-state index in [1.54, 1.807) is 0 Å². The van der Waals surface area contributed by atoms with Crippen LogP contribution in [0.15, 0.2) is 0 Å². The summed E-state index contributed by atoms with van der Waals surface area (Å²) in [5.74, 6) is -4.45. The van der Waals surface area contributed by atoms with Crippen molar-refractivity contribution in [2.75, 3.05) is 46.2 Å². The molecule has 6 N–H and O–H groups in total. The smallest absolute Gasteiger partial charge is 0.306 e. The summed E-state index contributed by atoms with van der Waals surface area (Å²) in [4.78, 5) is 23.9. The quantitative estimate of drug-likeness (QED) is 0.158. The van der Waals surface area contributed by atoms with Crippen molar-refractivity contribution in [1.82, 2.24) is 5.32 Å². The third-order valence-corrected chi connectivity index (χ3v) is 7.89. The minimum absolute atomic E-state index is 0.0169. The molecule has 6 unspecified atom stereocenters. The summed E-state index contributed by atoms with van der Waals surface area (Å²) in [6, 6.07) is -0.441. The van der Waals surface area contributed by atoms with Crippen molar-refractivity contribution >= 4 is 11.9 Å². The van der Waals surface area contributed by atoms with E-state index < -0.39 is 59.9 Å². The fraction of sp³-hybridized carbons (Fsp3) is 0.923. The molecule has 1 amide bonds. The zero-order valence-corrected chi connectivity index (χ0v) is 22.3. The Morgan fingerprint density at radius 3 is 2.14 bits per heavy atom. The number of carboxylic acids is 1. The van der Waals surface area contributed by atoms with Gasteiger partial charge in [0, 0.05) is 69.0 Å². The van der Waals surface area contributed by atoms with Gasteiger partial charge in [0.1, 0.15) is 0 Å². The highest BCUT2D eigenvalue weighted by Gasteiger charge is 2.47. The highest BCUT2D eigenvalue weighted by atomic mass is 16.5. The van der Waals surface area contributed by atoms with E-state index in [1.807, 2.05) is 13.8 Å². The van der Waals surface area contributed by atoms with E-state index in [2.05, 4.69) is 5.32 Å². The Morgan fingerprint density at radius 2 is 1.54 bits per heavy atom. The topological polar surface area (TPSA) is 175 Å². The summed E-state index contributed by atoms with van der Waals surface area (Å²) in [5, 5.41) is 55.0. The van der Waals surface area contributed by atoms with Crippen molar-refractivity contribution in [3.63, 3.8) is 0 Å². The lowest BCUT2D eigenvalue weighted by Crippen LogP contribution is -2.58. The fourth-order valence-corrected chi connectivity index (χ4v) is 5.93. The minimum Gasteiger partial charge on any atom is -0.481 e. The first-order chi connectivity index (χ1) is 17.7. The molecule has 10 atom stereocenters. The first-order valence-corrected chi connectivity index (χ1v) is 13.5. The van der Waals surface area contributed by atoms with Gasteiger partial charge >= 0.3 is 5.97 Å². The number of carboxylic acid groups (broad SMARTS) is 1. The average molecular weight is 534 g/mol. The molecule has 216 valence electrons. The molecule has 0 heterocycles. The third-order valence-electron chi connectivity index (χ3n) is 7.89. The van der Waals surface area contributed by atoms with E-state index in [0.29, 0.717) is 39.3 Å². The van der Waals surface area contributed by atoms with Gasteiger partial charge < -0.3 is 45.1 Å². The molecule has 2 aliphatic carbocycles. The predicted octanol–water partition coefficient (Wildman–Crippen LogP) is 0.0251. The first kappa shape index (κ1) is 31.9. The highest BCUT2D eigenvalue weighted by molar-refractivity contribution is 5.73.